The van der Waals surface area contributed by atoms with E-state index in [1.165, 1.54) is 11.4 Å². The molecule has 0 aromatic carbocycles. The van der Waals surface area contributed by atoms with E-state index < -0.39 is 0 Å². The maximum Gasteiger partial charge on any atom is 0.243 e. The van der Waals surface area contributed by atoms with Gasteiger partial charge in [0.05, 0.1) is 14.1 Å². The first kappa shape index (κ1) is 7.32. The molecule has 0 aliphatic carbocycles. The van der Waals surface area contributed by atoms with Crippen molar-refractivity contribution in [1.82, 2.24) is 4.57 Å². The largest absolute Gasteiger partial charge is 0.243 e. The van der Waals surface area contributed by atoms with Gasteiger partial charge in [-0.25, -0.2) is 9.13 Å². The van der Waals surface area contributed by atoms with Crippen molar-refractivity contribution in [2.45, 2.75) is 20.3 Å². The van der Waals surface area contributed by atoms with Crippen LogP contribution in [0, 0.1) is 6.92 Å². The van der Waals surface area contributed by atoms with Gasteiger partial charge in [-0.2, -0.15) is 0 Å². The summed E-state index contributed by atoms with van der Waals surface area (Å²) in [5, 5.41) is 0. The van der Waals surface area contributed by atoms with Crippen LogP contribution >= 0.6 is 0 Å². The van der Waals surface area contributed by atoms with Gasteiger partial charge in [0.2, 0.25) is 6.33 Å². The Kier molecular flexibility index (Phi) is 1.79. The highest BCUT2D eigenvalue weighted by Crippen LogP contribution is 2.01. The lowest BCUT2D eigenvalue weighted by Crippen LogP contribution is -2.29. The summed E-state index contributed by atoms with van der Waals surface area (Å²) in [5.41, 5.74) is 2.78. The normalized spacial score (nSPS) is 10.4. The summed E-state index contributed by atoms with van der Waals surface area (Å²) in [6.07, 6.45) is 3.22. The highest BCUT2D eigenvalue weighted by Gasteiger charge is 2.11. The summed E-state index contributed by atoms with van der Waals surface area (Å²) in [6.45, 7) is 4.33. The Bertz CT molecular complexity index is 236. The number of rotatable bonds is 1. The molecule has 0 fully saturated rings. The predicted octanol–water partition coefficient (Wildman–Crippen LogP) is 0.720. The van der Waals surface area contributed by atoms with Crippen LogP contribution in [-0.2, 0) is 20.5 Å². The topological polar surface area (TPSA) is 8.81 Å². The van der Waals surface area contributed by atoms with E-state index in [-0.39, 0.29) is 0 Å². The van der Waals surface area contributed by atoms with Crippen LogP contribution in [0.25, 0.3) is 0 Å². The van der Waals surface area contributed by atoms with Crippen molar-refractivity contribution in [3.05, 3.63) is 17.7 Å². The summed E-state index contributed by atoms with van der Waals surface area (Å²) >= 11 is 0. The van der Waals surface area contributed by atoms with Crippen molar-refractivity contribution in [3.8, 4) is 0 Å². The number of aromatic nitrogens is 2. The zero-order valence-electron chi connectivity index (χ0n) is 7.18. The highest BCUT2D eigenvalue weighted by atomic mass is 15.1. The molecular formula is C8H15N2+. The third-order valence-corrected chi connectivity index (χ3v) is 2.05. The van der Waals surface area contributed by atoms with E-state index in [9.17, 15) is 0 Å². The molecule has 0 N–H and O–H groups in total. The van der Waals surface area contributed by atoms with Gasteiger partial charge in [-0.1, -0.05) is 6.92 Å². The van der Waals surface area contributed by atoms with E-state index in [1.54, 1.807) is 0 Å². The molecule has 10 heavy (non-hydrogen) atoms. The second kappa shape index (κ2) is 2.45. The molecule has 0 amide bonds. The summed E-state index contributed by atoms with van der Waals surface area (Å²) in [5.74, 6) is 0. The van der Waals surface area contributed by atoms with Gasteiger partial charge in [0.1, 0.15) is 11.4 Å². The molecule has 0 radical (unpaired) electrons. The monoisotopic (exact) mass is 139 g/mol. The van der Waals surface area contributed by atoms with Gasteiger partial charge in [-0.05, 0) is 0 Å². The summed E-state index contributed by atoms with van der Waals surface area (Å²) in [4.78, 5) is 0. The van der Waals surface area contributed by atoms with Crippen molar-refractivity contribution < 1.29 is 4.57 Å². The highest BCUT2D eigenvalue weighted by molar-refractivity contribution is 5.03. The van der Waals surface area contributed by atoms with Crippen LogP contribution in [0.3, 0.4) is 0 Å². The van der Waals surface area contributed by atoms with Gasteiger partial charge in [-0.15, -0.1) is 0 Å². The first-order chi connectivity index (χ1) is 4.66. The molecule has 0 unspecified atom stereocenters. The molecule has 1 aromatic heterocycles. The zero-order chi connectivity index (χ0) is 7.72. The zero-order valence-corrected chi connectivity index (χ0v) is 7.18. The third kappa shape index (κ3) is 0.939. The number of nitrogens with zero attached hydrogens (tertiary/aromatic N) is 2. The standard InChI is InChI=1S/C8H15N2/c1-5-8-7(2)9(3)6-10(8)4/h6H,5H2,1-4H3/q+1. The van der Waals surface area contributed by atoms with Gasteiger partial charge in [-0.3, -0.25) is 0 Å². The van der Waals surface area contributed by atoms with Gasteiger partial charge < -0.3 is 0 Å². The van der Waals surface area contributed by atoms with E-state index in [2.05, 4.69) is 43.4 Å². The van der Waals surface area contributed by atoms with Crippen LogP contribution in [-0.4, -0.2) is 4.57 Å². The number of hydrogen-bond donors (Lipinski definition) is 0. The second-order valence-corrected chi connectivity index (χ2v) is 2.72. The predicted molar refractivity (Wildman–Crippen MR) is 40.7 cm³/mol. The minimum atomic E-state index is 1.11. The van der Waals surface area contributed by atoms with E-state index in [4.69, 9.17) is 0 Å². The molecule has 0 spiro atoms. The third-order valence-electron chi connectivity index (χ3n) is 2.05. The van der Waals surface area contributed by atoms with Crippen LogP contribution in [0.4, 0.5) is 0 Å². The van der Waals surface area contributed by atoms with Gasteiger partial charge in [0, 0.05) is 13.3 Å². The maximum atomic E-state index is 2.18. The molecular weight excluding hydrogens is 124 g/mol. The van der Waals surface area contributed by atoms with Crippen LogP contribution in [0.2, 0.25) is 0 Å². The van der Waals surface area contributed by atoms with E-state index in [1.807, 2.05) is 0 Å². The van der Waals surface area contributed by atoms with Crippen molar-refractivity contribution >= 4 is 0 Å². The molecule has 1 rings (SSSR count). The average molecular weight is 139 g/mol. The minimum Gasteiger partial charge on any atom is -0.237 e. The van der Waals surface area contributed by atoms with Crippen LogP contribution in [0.1, 0.15) is 18.3 Å². The second-order valence-electron chi connectivity index (χ2n) is 2.72. The Morgan fingerprint density at radius 1 is 1.60 bits per heavy atom. The molecule has 0 atom stereocenters. The fourth-order valence-electron chi connectivity index (χ4n) is 1.38. The molecule has 0 saturated heterocycles. The SMILES string of the molecule is CCc1c(C)n(C)c[n+]1C. The first-order valence-corrected chi connectivity index (χ1v) is 3.67. The van der Waals surface area contributed by atoms with Gasteiger partial charge in [0.25, 0.3) is 0 Å². The Morgan fingerprint density at radius 3 is 2.40 bits per heavy atom. The molecule has 2 nitrogen and oxygen atoms in total. The van der Waals surface area contributed by atoms with Crippen LogP contribution < -0.4 is 4.57 Å². The Hall–Kier alpha value is -0.790. The first-order valence-electron chi connectivity index (χ1n) is 3.67. The summed E-state index contributed by atoms with van der Waals surface area (Å²) in [6, 6.07) is 0. The van der Waals surface area contributed by atoms with E-state index >= 15 is 0 Å². The average Bonchev–Trinajstić information content (AvgIpc) is 2.09. The Morgan fingerprint density at radius 2 is 2.20 bits per heavy atom. The molecule has 0 aliphatic heterocycles. The number of aryl methyl sites for hydroxylation is 2. The number of imidazole rings is 1. The van der Waals surface area contributed by atoms with Crippen molar-refractivity contribution in [2.75, 3.05) is 0 Å². The molecule has 56 valence electrons. The van der Waals surface area contributed by atoms with Crippen molar-refractivity contribution in [1.29, 1.82) is 0 Å². The lowest BCUT2D eigenvalue weighted by Gasteiger charge is -1.89. The molecule has 0 aliphatic rings. The quantitative estimate of drug-likeness (QED) is 0.507. The molecule has 1 aromatic rings. The fraction of sp³-hybridized carbons (Fsp3) is 0.625. The Labute approximate surface area is 62.1 Å². The molecule has 0 saturated carbocycles. The molecule has 2 heteroatoms. The van der Waals surface area contributed by atoms with Gasteiger partial charge in [0.15, 0.2) is 0 Å². The van der Waals surface area contributed by atoms with Crippen LogP contribution in [0.15, 0.2) is 6.33 Å². The summed E-state index contributed by atoms with van der Waals surface area (Å²) < 4.78 is 4.33. The Balaban J connectivity index is 3.20. The smallest absolute Gasteiger partial charge is 0.237 e. The fourth-order valence-corrected chi connectivity index (χ4v) is 1.38. The summed E-state index contributed by atoms with van der Waals surface area (Å²) in [7, 11) is 4.17. The van der Waals surface area contributed by atoms with E-state index in [0.717, 1.165) is 6.42 Å². The molecule has 0 bridgehead atoms. The van der Waals surface area contributed by atoms with E-state index in [0.29, 0.717) is 0 Å². The maximum absolute atomic E-state index is 2.18. The lowest BCUT2D eigenvalue weighted by atomic mass is 10.3. The van der Waals surface area contributed by atoms with Crippen LogP contribution in [0.5, 0.6) is 0 Å². The number of hydrogen-bond acceptors (Lipinski definition) is 0. The van der Waals surface area contributed by atoms with Crippen molar-refractivity contribution in [3.63, 3.8) is 0 Å². The lowest BCUT2D eigenvalue weighted by molar-refractivity contribution is -0.678. The molecule has 1 heterocycles. The van der Waals surface area contributed by atoms with Crippen molar-refractivity contribution in [2.24, 2.45) is 14.1 Å². The minimum absolute atomic E-state index is 1.11. The van der Waals surface area contributed by atoms with Gasteiger partial charge >= 0.3 is 0 Å².